The molecule has 2 aromatic heterocycles. The summed E-state index contributed by atoms with van der Waals surface area (Å²) in [7, 11) is 0. The van der Waals surface area contributed by atoms with Crippen LogP contribution < -0.4 is 9.64 Å². The summed E-state index contributed by atoms with van der Waals surface area (Å²) in [5, 5.41) is 1.14. The smallest absolute Gasteiger partial charge is 0.410 e. The fraction of sp³-hybridized carbons (Fsp3) is 0.273. The van der Waals surface area contributed by atoms with Crippen LogP contribution in [0.25, 0.3) is 21.9 Å². The monoisotopic (exact) mass is 545 g/mol. The molecule has 3 aromatic carbocycles. The molecule has 0 unspecified atom stereocenters. The quantitative estimate of drug-likeness (QED) is 0.260. The van der Waals surface area contributed by atoms with Crippen LogP contribution >= 0.6 is 0 Å². The second-order valence-corrected chi connectivity index (χ2v) is 10.7. The molecule has 0 N–H and O–H groups in total. The normalized spacial score (nSPS) is 16.1. The van der Waals surface area contributed by atoms with Gasteiger partial charge in [-0.05, 0) is 48.7 Å². The number of rotatable bonds is 6. The fourth-order valence-corrected chi connectivity index (χ4v) is 5.59. The number of amides is 1. The maximum Gasteiger partial charge on any atom is 0.410 e. The van der Waals surface area contributed by atoms with Crippen molar-refractivity contribution in [2.75, 3.05) is 31.1 Å². The molecule has 0 atom stereocenters. The first kappa shape index (κ1) is 25.3. The van der Waals surface area contributed by atoms with E-state index < -0.39 is 0 Å². The van der Waals surface area contributed by atoms with Crippen LogP contribution in [0, 0.1) is 0 Å². The van der Waals surface area contributed by atoms with Gasteiger partial charge in [0.1, 0.15) is 24.2 Å². The largest absolute Gasteiger partial charge is 0.469 e. The van der Waals surface area contributed by atoms with Gasteiger partial charge in [0.15, 0.2) is 0 Å². The zero-order valence-corrected chi connectivity index (χ0v) is 22.7. The van der Waals surface area contributed by atoms with Crippen molar-refractivity contribution in [2.24, 2.45) is 0 Å². The summed E-state index contributed by atoms with van der Waals surface area (Å²) >= 11 is 0. The molecule has 5 aromatic rings. The van der Waals surface area contributed by atoms with Crippen molar-refractivity contribution in [3.8, 4) is 5.88 Å². The van der Waals surface area contributed by atoms with Crippen LogP contribution in [-0.4, -0.2) is 58.2 Å². The van der Waals surface area contributed by atoms with Gasteiger partial charge in [-0.3, -0.25) is 0 Å². The van der Waals surface area contributed by atoms with Crippen molar-refractivity contribution in [3.63, 3.8) is 0 Å². The molecular formula is C33H31N5O3. The summed E-state index contributed by atoms with van der Waals surface area (Å²) in [4.78, 5) is 31.5. The van der Waals surface area contributed by atoms with Gasteiger partial charge in [0.25, 0.3) is 0 Å². The lowest BCUT2D eigenvalue weighted by Crippen LogP contribution is -2.54. The van der Waals surface area contributed by atoms with E-state index in [-0.39, 0.29) is 24.7 Å². The molecule has 1 amide bonds. The highest BCUT2D eigenvalue weighted by atomic mass is 16.6. The van der Waals surface area contributed by atoms with Gasteiger partial charge in [-0.25, -0.2) is 19.7 Å². The van der Waals surface area contributed by atoms with Crippen molar-refractivity contribution in [3.05, 3.63) is 102 Å². The fourth-order valence-electron chi connectivity index (χ4n) is 5.59. The Labute approximate surface area is 238 Å². The second kappa shape index (κ2) is 11.0. The summed E-state index contributed by atoms with van der Waals surface area (Å²) in [6, 6.07) is 30.0. The van der Waals surface area contributed by atoms with Crippen molar-refractivity contribution in [1.29, 1.82) is 0 Å². The number of anilines is 1. The van der Waals surface area contributed by atoms with Crippen LogP contribution in [0.1, 0.15) is 30.0 Å². The summed E-state index contributed by atoms with van der Waals surface area (Å²) < 4.78 is 12.1. The predicted octanol–water partition coefficient (Wildman–Crippen LogP) is 5.96. The molecular weight excluding hydrogens is 514 g/mol. The van der Waals surface area contributed by atoms with Gasteiger partial charge in [-0.2, -0.15) is 0 Å². The third-order valence-corrected chi connectivity index (χ3v) is 7.94. The molecule has 41 heavy (non-hydrogen) atoms. The molecule has 2 fully saturated rings. The third kappa shape index (κ3) is 5.37. The third-order valence-electron chi connectivity index (χ3n) is 7.94. The zero-order valence-electron chi connectivity index (χ0n) is 22.7. The molecule has 0 radical (unpaired) electrons. The van der Waals surface area contributed by atoms with Crippen molar-refractivity contribution < 1.29 is 14.3 Å². The number of carbonyl (C=O) groups excluding carboxylic acids is 1. The van der Waals surface area contributed by atoms with Crippen LogP contribution in [0.2, 0.25) is 0 Å². The van der Waals surface area contributed by atoms with E-state index in [0.717, 1.165) is 64.9 Å². The predicted molar refractivity (Wildman–Crippen MR) is 158 cm³/mol. The second-order valence-electron chi connectivity index (χ2n) is 10.7. The molecule has 2 aliphatic heterocycles. The van der Waals surface area contributed by atoms with Crippen molar-refractivity contribution in [2.45, 2.75) is 31.5 Å². The number of hydrogen-bond acceptors (Lipinski definition) is 7. The number of likely N-dealkylation sites (tertiary alicyclic amines) is 1. The minimum Gasteiger partial charge on any atom is -0.469 e. The SMILES string of the molecule is O=C(OCc1ccccc1)N1CCC(c2nc3ccccc3nc2OC2CN(c3ccc4ccccc4n3)C2)CC1. The van der Waals surface area contributed by atoms with Gasteiger partial charge in [-0.1, -0.05) is 60.7 Å². The molecule has 0 aliphatic carbocycles. The molecule has 7 rings (SSSR count). The Morgan fingerprint density at radius 1 is 0.756 bits per heavy atom. The maximum atomic E-state index is 12.7. The van der Waals surface area contributed by atoms with Crippen molar-refractivity contribution >= 4 is 33.8 Å². The first-order valence-corrected chi connectivity index (χ1v) is 14.2. The molecule has 2 aliphatic rings. The molecule has 2 saturated heterocycles. The van der Waals surface area contributed by atoms with Gasteiger partial charge in [0.05, 0.1) is 29.6 Å². The average Bonchev–Trinajstić information content (AvgIpc) is 3.01. The Morgan fingerprint density at radius 3 is 2.22 bits per heavy atom. The standard InChI is InChI=1S/C33H31N5O3/c39-33(40-22-23-8-2-1-3-9-23)37-18-16-25(17-19-37)31-32(36-29-13-7-6-12-28(29)35-31)41-26-20-38(21-26)30-15-14-24-10-4-5-11-27(24)34-30/h1-15,25-26H,16-22H2. The number of piperidine rings is 1. The molecule has 0 saturated carbocycles. The van der Waals surface area contributed by atoms with E-state index in [1.807, 2.05) is 72.8 Å². The van der Waals surface area contributed by atoms with Gasteiger partial charge in [0, 0.05) is 24.4 Å². The topological polar surface area (TPSA) is 80.7 Å². The number of para-hydroxylation sites is 3. The maximum absolute atomic E-state index is 12.7. The molecule has 8 heteroatoms. The summed E-state index contributed by atoms with van der Waals surface area (Å²) in [5.74, 6) is 1.71. The van der Waals surface area contributed by atoms with Crippen molar-refractivity contribution in [1.82, 2.24) is 19.9 Å². The van der Waals surface area contributed by atoms with Gasteiger partial charge >= 0.3 is 6.09 Å². The molecule has 0 bridgehead atoms. The van der Waals surface area contributed by atoms with E-state index >= 15 is 0 Å². The number of carbonyl (C=O) groups is 1. The lowest BCUT2D eigenvalue weighted by Gasteiger charge is -2.40. The minimum atomic E-state index is -0.273. The van der Waals surface area contributed by atoms with E-state index in [0.29, 0.717) is 19.0 Å². The Balaban J connectivity index is 1.02. The van der Waals surface area contributed by atoms with Crippen LogP contribution in [0.5, 0.6) is 5.88 Å². The highest BCUT2D eigenvalue weighted by Crippen LogP contribution is 2.35. The van der Waals surface area contributed by atoms with E-state index in [9.17, 15) is 4.79 Å². The lowest BCUT2D eigenvalue weighted by atomic mass is 9.93. The van der Waals surface area contributed by atoms with Gasteiger partial charge in [0.2, 0.25) is 5.88 Å². The van der Waals surface area contributed by atoms with Crippen LogP contribution in [-0.2, 0) is 11.3 Å². The first-order valence-electron chi connectivity index (χ1n) is 14.2. The molecule has 206 valence electrons. The number of ether oxygens (including phenoxy) is 2. The van der Waals surface area contributed by atoms with Gasteiger partial charge in [-0.15, -0.1) is 0 Å². The summed E-state index contributed by atoms with van der Waals surface area (Å²) in [6.07, 6.45) is 1.29. The Bertz CT molecular complexity index is 1680. The molecule has 0 spiro atoms. The van der Waals surface area contributed by atoms with E-state index in [2.05, 4.69) is 23.1 Å². The minimum absolute atomic E-state index is 0.00513. The Morgan fingerprint density at radius 2 is 1.44 bits per heavy atom. The Kier molecular flexibility index (Phi) is 6.80. The van der Waals surface area contributed by atoms with Gasteiger partial charge < -0.3 is 19.3 Å². The number of aromatic nitrogens is 3. The van der Waals surface area contributed by atoms with E-state index in [4.69, 9.17) is 24.4 Å². The summed E-state index contributed by atoms with van der Waals surface area (Å²) in [6.45, 7) is 2.98. The Hall–Kier alpha value is -4.72. The molecule has 8 nitrogen and oxygen atoms in total. The summed E-state index contributed by atoms with van der Waals surface area (Å²) in [5.41, 5.74) is 4.53. The number of nitrogens with zero attached hydrogens (tertiary/aromatic N) is 5. The van der Waals surface area contributed by atoms with E-state index in [1.165, 1.54) is 0 Å². The van der Waals surface area contributed by atoms with E-state index in [1.54, 1.807) is 4.90 Å². The first-order chi connectivity index (χ1) is 20.2. The lowest BCUT2D eigenvalue weighted by molar-refractivity contribution is 0.0863. The van der Waals surface area contributed by atoms with Crippen LogP contribution in [0.3, 0.4) is 0 Å². The number of fused-ring (bicyclic) bond motifs is 2. The number of hydrogen-bond donors (Lipinski definition) is 0. The van der Waals surface area contributed by atoms with Crippen LogP contribution in [0.15, 0.2) is 91.0 Å². The zero-order chi connectivity index (χ0) is 27.6. The van der Waals surface area contributed by atoms with Crippen LogP contribution in [0.4, 0.5) is 10.6 Å². The number of benzene rings is 3. The average molecular weight is 546 g/mol. The highest BCUT2D eigenvalue weighted by molar-refractivity contribution is 5.80. The molecule has 4 heterocycles. The highest BCUT2D eigenvalue weighted by Gasteiger charge is 2.33. The number of pyridine rings is 1.